The van der Waals surface area contributed by atoms with Gasteiger partial charge in [0.15, 0.2) is 5.69 Å². The number of amides is 1. The number of benzene rings is 2. The van der Waals surface area contributed by atoms with E-state index in [9.17, 15) is 4.79 Å². The second-order valence-corrected chi connectivity index (χ2v) is 6.38. The molecule has 0 unspecified atom stereocenters. The Balaban J connectivity index is 1.61. The number of aryl methyl sites for hydroxylation is 1. The van der Waals surface area contributed by atoms with Crippen LogP contribution in [0.1, 0.15) is 16.2 Å². The topological polar surface area (TPSA) is 47.4 Å². The maximum Gasteiger partial charge on any atom is 0.274 e. The molecule has 1 aromatic heterocycles. The second kappa shape index (κ2) is 8.06. The van der Waals surface area contributed by atoms with Crippen LogP contribution in [0.2, 0.25) is 5.02 Å². The van der Waals surface area contributed by atoms with Crippen molar-refractivity contribution in [3.8, 4) is 11.4 Å². The van der Waals surface area contributed by atoms with Crippen LogP contribution < -0.4 is 4.74 Å². The summed E-state index contributed by atoms with van der Waals surface area (Å²) in [5.41, 5.74) is 2.25. The highest BCUT2D eigenvalue weighted by Crippen LogP contribution is 2.16. The Morgan fingerprint density at radius 2 is 1.85 bits per heavy atom. The van der Waals surface area contributed by atoms with Gasteiger partial charge in [0, 0.05) is 17.8 Å². The molecule has 0 saturated carbocycles. The Kier molecular flexibility index (Phi) is 5.58. The van der Waals surface area contributed by atoms with Crippen molar-refractivity contribution in [3.63, 3.8) is 0 Å². The summed E-state index contributed by atoms with van der Waals surface area (Å²) in [5, 5.41) is 5.11. The average molecular weight is 370 g/mol. The Hall–Kier alpha value is -2.79. The van der Waals surface area contributed by atoms with E-state index in [-0.39, 0.29) is 5.91 Å². The molecule has 0 radical (unpaired) electrons. The largest absolute Gasteiger partial charge is 0.492 e. The van der Waals surface area contributed by atoms with Gasteiger partial charge in [0.1, 0.15) is 12.4 Å². The Morgan fingerprint density at radius 3 is 2.54 bits per heavy atom. The molecule has 3 rings (SSSR count). The lowest BCUT2D eigenvalue weighted by Gasteiger charge is -2.16. The summed E-state index contributed by atoms with van der Waals surface area (Å²) < 4.78 is 7.41. The summed E-state index contributed by atoms with van der Waals surface area (Å²) >= 11 is 5.85. The van der Waals surface area contributed by atoms with Gasteiger partial charge in [-0.3, -0.25) is 4.79 Å². The summed E-state index contributed by atoms with van der Waals surface area (Å²) in [6.07, 6.45) is 0. The summed E-state index contributed by atoms with van der Waals surface area (Å²) in [6, 6.07) is 18.7. The number of likely N-dealkylation sites (N-methyl/N-ethyl adjacent to an activating group) is 1. The quantitative estimate of drug-likeness (QED) is 0.660. The molecule has 2 aromatic carbocycles. The molecular weight excluding hydrogens is 350 g/mol. The minimum absolute atomic E-state index is 0.137. The van der Waals surface area contributed by atoms with Crippen LogP contribution in [-0.4, -0.2) is 40.8 Å². The van der Waals surface area contributed by atoms with Crippen LogP contribution >= 0.6 is 11.6 Å². The van der Waals surface area contributed by atoms with Gasteiger partial charge < -0.3 is 9.64 Å². The Morgan fingerprint density at radius 1 is 1.15 bits per heavy atom. The van der Waals surface area contributed by atoms with E-state index in [1.807, 2.05) is 37.3 Å². The second-order valence-electron chi connectivity index (χ2n) is 5.95. The zero-order valence-electron chi connectivity index (χ0n) is 14.7. The fraction of sp³-hybridized carbons (Fsp3) is 0.200. The molecule has 0 N–H and O–H groups in total. The molecule has 1 amide bonds. The molecule has 26 heavy (non-hydrogen) atoms. The maximum absolute atomic E-state index is 12.6. The molecule has 0 spiro atoms. The van der Waals surface area contributed by atoms with Crippen molar-refractivity contribution in [1.29, 1.82) is 0 Å². The number of carbonyl (C=O) groups excluding carboxylic acids is 1. The predicted octanol–water partition coefficient (Wildman–Crippen LogP) is 3.99. The first-order valence-corrected chi connectivity index (χ1v) is 8.68. The van der Waals surface area contributed by atoms with Crippen molar-refractivity contribution >= 4 is 17.5 Å². The van der Waals surface area contributed by atoms with E-state index in [2.05, 4.69) is 5.10 Å². The molecule has 1 heterocycles. The van der Waals surface area contributed by atoms with Crippen molar-refractivity contribution in [2.24, 2.45) is 0 Å². The smallest absolute Gasteiger partial charge is 0.274 e. The van der Waals surface area contributed by atoms with Crippen molar-refractivity contribution in [1.82, 2.24) is 14.7 Å². The van der Waals surface area contributed by atoms with Crippen molar-refractivity contribution in [3.05, 3.63) is 77.1 Å². The Bertz CT molecular complexity index is 876. The van der Waals surface area contributed by atoms with Gasteiger partial charge in [-0.05, 0) is 49.4 Å². The van der Waals surface area contributed by atoms with Gasteiger partial charge >= 0.3 is 0 Å². The lowest BCUT2D eigenvalue weighted by Crippen LogP contribution is -2.31. The molecular formula is C20H20ClN3O2. The normalized spacial score (nSPS) is 10.6. The molecule has 134 valence electrons. The lowest BCUT2D eigenvalue weighted by molar-refractivity contribution is 0.0767. The van der Waals surface area contributed by atoms with Crippen LogP contribution in [0, 0.1) is 6.92 Å². The molecule has 0 aliphatic carbocycles. The number of carbonyl (C=O) groups is 1. The third-order valence-electron chi connectivity index (χ3n) is 3.96. The van der Waals surface area contributed by atoms with E-state index in [0.717, 1.165) is 17.1 Å². The van der Waals surface area contributed by atoms with Crippen LogP contribution in [0.25, 0.3) is 5.69 Å². The molecule has 3 aromatic rings. The molecule has 0 atom stereocenters. The van der Waals surface area contributed by atoms with Crippen molar-refractivity contribution in [2.45, 2.75) is 6.92 Å². The Labute approximate surface area is 157 Å². The summed E-state index contributed by atoms with van der Waals surface area (Å²) in [7, 11) is 1.74. The fourth-order valence-electron chi connectivity index (χ4n) is 2.54. The van der Waals surface area contributed by atoms with Crippen LogP contribution in [0.15, 0.2) is 60.7 Å². The van der Waals surface area contributed by atoms with Crippen LogP contribution in [0.5, 0.6) is 5.75 Å². The molecule has 0 fully saturated rings. The molecule has 0 aliphatic rings. The minimum atomic E-state index is -0.137. The first-order valence-electron chi connectivity index (χ1n) is 8.30. The first-order chi connectivity index (χ1) is 12.5. The SMILES string of the molecule is Cc1cc(C(=O)N(C)CCOc2ccc(Cl)cc2)nn1-c1ccccc1. The van der Waals surface area contributed by atoms with E-state index < -0.39 is 0 Å². The van der Waals surface area contributed by atoms with Crippen LogP contribution in [-0.2, 0) is 0 Å². The van der Waals surface area contributed by atoms with Gasteiger partial charge in [-0.15, -0.1) is 0 Å². The highest BCUT2D eigenvalue weighted by Gasteiger charge is 2.17. The van der Waals surface area contributed by atoms with Crippen molar-refractivity contribution < 1.29 is 9.53 Å². The first kappa shape index (κ1) is 18.0. The number of para-hydroxylation sites is 1. The predicted molar refractivity (Wildman–Crippen MR) is 102 cm³/mol. The molecule has 5 nitrogen and oxygen atoms in total. The van der Waals surface area contributed by atoms with Crippen LogP contribution in [0.4, 0.5) is 0 Å². The van der Waals surface area contributed by atoms with Gasteiger partial charge in [0.2, 0.25) is 0 Å². The number of halogens is 1. The minimum Gasteiger partial charge on any atom is -0.492 e. The highest BCUT2D eigenvalue weighted by atomic mass is 35.5. The molecule has 6 heteroatoms. The number of ether oxygens (including phenoxy) is 1. The zero-order valence-corrected chi connectivity index (χ0v) is 15.5. The molecule has 0 saturated heterocycles. The number of nitrogens with zero attached hydrogens (tertiary/aromatic N) is 3. The van der Waals surface area contributed by atoms with E-state index in [0.29, 0.717) is 23.9 Å². The summed E-state index contributed by atoms with van der Waals surface area (Å²) in [4.78, 5) is 14.2. The third kappa shape index (κ3) is 4.24. The standard InChI is InChI=1S/C20H20ClN3O2/c1-15-14-19(22-24(15)17-6-4-3-5-7-17)20(25)23(2)12-13-26-18-10-8-16(21)9-11-18/h3-11,14H,12-13H2,1-2H3. The van der Waals surface area contributed by atoms with Gasteiger partial charge in [-0.25, -0.2) is 4.68 Å². The zero-order chi connectivity index (χ0) is 18.5. The van der Waals surface area contributed by atoms with Crippen molar-refractivity contribution in [2.75, 3.05) is 20.2 Å². The molecule has 0 bridgehead atoms. The van der Waals surface area contributed by atoms with Crippen LogP contribution in [0.3, 0.4) is 0 Å². The summed E-state index contributed by atoms with van der Waals surface area (Å²) in [5.74, 6) is 0.585. The summed E-state index contributed by atoms with van der Waals surface area (Å²) in [6.45, 7) is 2.78. The number of hydrogen-bond acceptors (Lipinski definition) is 3. The van der Waals surface area contributed by atoms with E-state index in [4.69, 9.17) is 16.3 Å². The third-order valence-corrected chi connectivity index (χ3v) is 4.22. The van der Waals surface area contributed by atoms with Gasteiger partial charge in [0.25, 0.3) is 5.91 Å². The van der Waals surface area contributed by atoms with E-state index >= 15 is 0 Å². The number of rotatable bonds is 6. The van der Waals surface area contributed by atoms with Gasteiger partial charge in [0.05, 0.1) is 12.2 Å². The maximum atomic E-state index is 12.6. The fourth-order valence-corrected chi connectivity index (χ4v) is 2.66. The molecule has 0 aliphatic heterocycles. The highest BCUT2D eigenvalue weighted by molar-refractivity contribution is 6.30. The van der Waals surface area contributed by atoms with Gasteiger partial charge in [-0.2, -0.15) is 5.10 Å². The van der Waals surface area contributed by atoms with E-state index in [1.165, 1.54) is 0 Å². The number of aromatic nitrogens is 2. The number of hydrogen-bond donors (Lipinski definition) is 0. The van der Waals surface area contributed by atoms with E-state index in [1.54, 1.807) is 47.0 Å². The average Bonchev–Trinajstić information content (AvgIpc) is 3.05. The lowest BCUT2D eigenvalue weighted by atomic mass is 10.3. The van der Waals surface area contributed by atoms with Gasteiger partial charge in [-0.1, -0.05) is 29.8 Å². The monoisotopic (exact) mass is 369 g/mol.